The molecule has 0 unspecified atom stereocenters. The van der Waals surface area contributed by atoms with E-state index in [0.717, 1.165) is 5.01 Å². The fourth-order valence-electron chi connectivity index (χ4n) is 2.82. The summed E-state index contributed by atoms with van der Waals surface area (Å²) >= 11 is 0. The average molecular weight is 456 g/mol. The number of hydrogen-bond acceptors (Lipinski definition) is 8. The number of carbonyl (C=O) groups is 4. The predicted molar refractivity (Wildman–Crippen MR) is 118 cm³/mol. The van der Waals surface area contributed by atoms with Crippen LogP contribution in [0.15, 0.2) is 5.10 Å². The SMILES string of the molecule is CN1N=C(C(=O)OC(C)(C)C)C[C@H](C[C@H](NC(=O)OC(C)(C)C)C(=O)OC(C)(C)C)C1=O. The van der Waals surface area contributed by atoms with Gasteiger partial charge in [0.1, 0.15) is 28.6 Å². The second kappa shape index (κ2) is 9.87. The Hall–Kier alpha value is -2.65. The van der Waals surface area contributed by atoms with Crippen LogP contribution in [0.1, 0.15) is 75.2 Å². The van der Waals surface area contributed by atoms with Gasteiger partial charge in [-0.05, 0) is 68.7 Å². The van der Waals surface area contributed by atoms with Gasteiger partial charge in [0.25, 0.3) is 0 Å². The Balaban J connectivity index is 3.08. The lowest BCUT2D eigenvalue weighted by Gasteiger charge is -2.31. The first kappa shape index (κ1) is 27.4. The number of amides is 2. The molecule has 0 bridgehead atoms. The quantitative estimate of drug-likeness (QED) is 0.499. The Morgan fingerprint density at radius 2 is 1.47 bits per heavy atom. The molecule has 0 saturated heterocycles. The zero-order valence-corrected chi connectivity index (χ0v) is 20.8. The van der Waals surface area contributed by atoms with E-state index in [1.807, 2.05) is 0 Å². The number of nitrogens with zero attached hydrogens (tertiary/aromatic N) is 2. The van der Waals surface area contributed by atoms with Gasteiger partial charge in [0.15, 0.2) is 0 Å². The molecule has 10 nitrogen and oxygen atoms in total. The molecule has 10 heteroatoms. The maximum Gasteiger partial charge on any atom is 0.408 e. The van der Waals surface area contributed by atoms with Crippen LogP contribution in [0.3, 0.4) is 0 Å². The van der Waals surface area contributed by atoms with Crippen LogP contribution in [-0.2, 0) is 28.6 Å². The topological polar surface area (TPSA) is 124 Å². The monoisotopic (exact) mass is 455 g/mol. The number of esters is 2. The largest absolute Gasteiger partial charge is 0.458 e. The Kier molecular flexibility index (Phi) is 8.45. The van der Waals surface area contributed by atoms with Gasteiger partial charge in [0, 0.05) is 19.4 Å². The molecule has 0 spiro atoms. The second-order valence-corrected chi connectivity index (χ2v) is 10.8. The Morgan fingerprint density at radius 1 is 0.969 bits per heavy atom. The first-order chi connectivity index (χ1) is 14.3. The minimum absolute atomic E-state index is 0.0343. The summed E-state index contributed by atoms with van der Waals surface area (Å²) in [7, 11) is 1.42. The minimum Gasteiger partial charge on any atom is -0.458 e. The summed E-state index contributed by atoms with van der Waals surface area (Å²) in [4.78, 5) is 50.3. The normalized spacial score (nSPS) is 18.4. The lowest BCUT2D eigenvalue weighted by Crippen LogP contribution is -2.49. The molecule has 0 aromatic rings. The summed E-state index contributed by atoms with van der Waals surface area (Å²) in [6, 6.07) is -1.16. The first-order valence-corrected chi connectivity index (χ1v) is 10.6. The van der Waals surface area contributed by atoms with E-state index in [2.05, 4.69) is 10.4 Å². The molecule has 0 radical (unpaired) electrons. The molecule has 2 amide bonds. The summed E-state index contributed by atoms with van der Waals surface area (Å²) in [6.07, 6.45) is -0.946. The van der Waals surface area contributed by atoms with Gasteiger partial charge < -0.3 is 19.5 Å². The van der Waals surface area contributed by atoms with E-state index < -0.39 is 52.7 Å². The zero-order chi connectivity index (χ0) is 25.1. The van der Waals surface area contributed by atoms with Crippen molar-refractivity contribution in [1.82, 2.24) is 10.3 Å². The number of carbonyl (C=O) groups excluding carboxylic acids is 4. The molecule has 1 rings (SSSR count). The molecule has 32 heavy (non-hydrogen) atoms. The summed E-state index contributed by atoms with van der Waals surface area (Å²) < 4.78 is 16.0. The fourth-order valence-corrected chi connectivity index (χ4v) is 2.82. The third-order valence-electron chi connectivity index (χ3n) is 3.92. The molecule has 0 aromatic heterocycles. The predicted octanol–water partition coefficient (Wildman–Crippen LogP) is 2.79. The standard InChI is InChI=1S/C22H37N3O7/c1-20(2,3)30-17(27)14(23-19(29)32-22(7,8)9)11-13-12-15(24-25(10)16(13)26)18(28)31-21(4,5)6/h13-14H,11-12H2,1-10H3,(H,23,29)/t13-,14-/m0/s1. The smallest absolute Gasteiger partial charge is 0.408 e. The van der Waals surface area contributed by atoms with Gasteiger partial charge in [-0.25, -0.2) is 19.4 Å². The molecule has 2 atom stereocenters. The van der Waals surface area contributed by atoms with Crippen LogP contribution >= 0.6 is 0 Å². The van der Waals surface area contributed by atoms with Gasteiger partial charge in [-0.3, -0.25) is 4.79 Å². The molecule has 1 aliphatic heterocycles. The first-order valence-electron chi connectivity index (χ1n) is 10.6. The van der Waals surface area contributed by atoms with Crippen LogP contribution in [0, 0.1) is 5.92 Å². The summed E-state index contributed by atoms with van der Waals surface area (Å²) in [6.45, 7) is 15.3. The minimum atomic E-state index is -1.16. The zero-order valence-electron chi connectivity index (χ0n) is 20.8. The van der Waals surface area contributed by atoms with Crippen molar-refractivity contribution in [1.29, 1.82) is 0 Å². The molecule has 0 aromatic carbocycles. The summed E-state index contributed by atoms with van der Waals surface area (Å²) in [5.41, 5.74) is -2.25. The average Bonchev–Trinajstić information content (AvgIpc) is 2.53. The third-order valence-corrected chi connectivity index (χ3v) is 3.92. The van der Waals surface area contributed by atoms with Crippen molar-refractivity contribution in [3.05, 3.63) is 0 Å². The Labute approximate surface area is 190 Å². The Bertz CT molecular complexity index is 770. The molecule has 1 N–H and O–H groups in total. The number of ether oxygens (including phenoxy) is 3. The van der Waals surface area contributed by atoms with Crippen LogP contribution in [0.4, 0.5) is 4.79 Å². The summed E-state index contributed by atoms with van der Waals surface area (Å²) in [5.74, 6) is -2.54. The fraction of sp³-hybridized carbons (Fsp3) is 0.773. The van der Waals surface area contributed by atoms with Crippen molar-refractivity contribution < 1.29 is 33.4 Å². The van der Waals surface area contributed by atoms with Crippen LogP contribution in [0.5, 0.6) is 0 Å². The molecule has 0 fully saturated rings. The van der Waals surface area contributed by atoms with Gasteiger partial charge in [0.05, 0.1) is 0 Å². The molecule has 0 saturated carbocycles. The number of alkyl carbamates (subject to hydrolysis) is 1. The van der Waals surface area contributed by atoms with E-state index in [-0.39, 0.29) is 18.6 Å². The van der Waals surface area contributed by atoms with E-state index in [0.29, 0.717) is 0 Å². The highest BCUT2D eigenvalue weighted by Gasteiger charge is 2.38. The van der Waals surface area contributed by atoms with E-state index in [9.17, 15) is 19.2 Å². The van der Waals surface area contributed by atoms with E-state index in [1.54, 1.807) is 62.3 Å². The third kappa shape index (κ3) is 9.65. The van der Waals surface area contributed by atoms with Gasteiger partial charge in [-0.1, -0.05) is 0 Å². The second-order valence-electron chi connectivity index (χ2n) is 10.8. The van der Waals surface area contributed by atoms with Gasteiger partial charge in [0.2, 0.25) is 5.91 Å². The van der Waals surface area contributed by atoms with Crippen LogP contribution < -0.4 is 5.32 Å². The highest BCUT2D eigenvalue weighted by Crippen LogP contribution is 2.24. The maximum atomic E-state index is 12.8. The van der Waals surface area contributed by atoms with Crippen molar-refractivity contribution in [3.63, 3.8) is 0 Å². The van der Waals surface area contributed by atoms with E-state index >= 15 is 0 Å². The van der Waals surface area contributed by atoms with E-state index in [4.69, 9.17) is 14.2 Å². The van der Waals surface area contributed by atoms with E-state index in [1.165, 1.54) is 7.05 Å². The molecule has 1 heterocycles. The lowest BCUT2D eigenvalue weighted by molar-refractivity contribution is -0.158. The lowest BCUT2D eigenvalue weighted by atomic mass is 9.91. The van der Waals surface area contributed by atoms with Gasteiger partial charge >= 0.3 is 18.0 Å². The molecule has 182 valence electrons. The van der Waals surface area contributed by atoms with Crippen molar-refractivity contribution in [2.24, 2.45) is 11.0 Å². The van der Waals surface area contributed by atoms with Crippen LogP contribution in [0.25, 0.3) is 0 Å². The number of hydrazone groups is 1. The van der Waals surface area contributed by atoms with Crippen LogP contribution in [-0.4, -0.2) is 64.6 Å². The highest BCUT2D eigenvalue weighted by atomic mass is 16.6. The molecular formula is C22H37N3O7. The van der Waals surface area contributed by atoms with Gasteiger partial charge in [-0.15, -0.1) is 0 Å². The van der Waals surface area contributed by atoms with Crippen LogP contribution in [0.2, 0.25) is 0 Å². The van der Waals surface area contributed by atoms with Crippen molar-refractivity contribution in [3.8, 4) is 0 Å². The Morgan fingerprint density at radius 3 is 1.94 bits per heavy atom. The molecule has 1 aliphatic rings. The number of rotatable bonds is 5. The molecular weight excluding hydrogens is 418 g/mol. The van der Waals surface area contributed by atoms with Gasteiger partial charge in [-0.2, -0.15) is 5.10 Å². The summed E-state index contributed by atoms with van der Waals surface area (Å²) in [5, 5.41) is 7.56. The van der Waals surface area contributed by atoms with Crippen molar-refractivity contribution in [2.75, 3.05) is 7.05 Å². The van der Waals surface area contributed by atoms with Crippen molar-refractivity contribution in [2.45, 2.75) is 98.0 Å². The number of hydrogen-bond donors (Lipinski definition) is 1. The molecule has 0 aliphatic carbocycles. The maximum absolute atomic E-state index is 12.8. The van der Waals surface area contributed by atoms with Crippen molar-refractivity contribution >= 4 is 29.7 Å². The highest BCUT2D eigenvalue weighted by molar-refractivity contribution is 6.37. The number of nitrogens with one attached hydrogen (secondary N) is 1.